The predicted octanol–water partition coefficient (Wildman–Crippen LogP) is 3.36. The molecule has 3 nitrogen and oxygen atoms in total. The fourth-order valence-electron chi connectivity index (χ4n) is 1.73. The summed E-state index contributed by atoms with van der Waals surface area (Å²) in [5, 5.41) is 11.9. The molecule has 94 valence electrons. The summed E-state index contributed by atoms with van der Waals surface area (Å²) in [6.45, 7) is 5.08. The molecule has 0 heterocycles. The molecule has 1 rings (SSSR count). The van der Waals surface area contributed by atoms with E-state index in [-0.39, 0.29) is 6.42 Å². The highest BCUT2D eigenvalue weighted by Crippen LogP contribution is 2.16. The fraction of sp³-hybridized carbons (Fsp3) is 0.500. The summed E-state index contributed by atoms with van der Waals surface area (Å²) >= 11 is 0. The predicted molar refractivity (Wildman–Crippen MR) is 70.5 cm³/mol. The van der Waals surface area contributed by atoms with Crippen LogP contribution in [0.5, 0.6) is 0 Å². The Kier molecular flexibility index (Phi) is 5.53. The Bertz CT molecular complexity index is 374. The first-order valence-electron chi connectivity index (χ1n) is 6.12. The smallest absolute Gasteiger partial charge is 0.303 e. The second kappa shape index (κ2) is 6.94. The highest BCUT2D eigenvalue weighted by atomic mass is 16.4. The van der Waals surface area contributed by atoms with E-state index in [2.05, 4.69) is 37.4 Å². The number of anilines is 1. The van der Waals surface area contributed by atoms with Crippen LogP contribution in [-0.2, 0) is 4.79 Å². The normalized spacial score (nSPS) is 10.2. The van der Waals surface area contributed by atoms with Crippen molar-refractivity contribution in [2.45, 2.75) is 39.5 Å². The van der Waals surface area contributed by atoms with Crippen LogP contribution in [0.25, 0.3) is 0 Å². The van der Waals surface area contributed by atoms with Crippen LogP contribution in [0.2, 0.25) is 0 Å². The summed E-state index contributed by atoms with van der Waals surface area (Å²) in [5.74, 6) is -0.701. The van der Waals surface area contributed by atoms with Crippen molar-refractivity contribution in [2.24, 2.45) is 0 Å². The lowest BCUT2D eigenvalue weighted by molar-refractivity contribution is -0.137. The molecule has 2 N–H and O–H groups in total. The highest BCUT2D eigenvalue weighted by molar-refractivity contribution is 5.66. The lowest BCUT2D eigenvalue weighted by atomic mass is 10.1. The molecule has 0 aromatic heterocycles. The minimum absolute atomic E-state index is 0.281. The molecule has 0 atom stereocenters. The third kappa shape index (κ3) is 5.38. The molecule has 0 radical (unpaired) electrons. The Hall–Kier alpha value is -1.51. The zero-order valence-corrected chi connectivity index (χ0v) is 10.6. The first-order chi connectivity index (χ1) is 8.09. The van der Waals surface area contributed by atoms with Crippen molar-refractivity contribution >= 4 is 11.7 Å². The number of carbonyl (C=O) groups is 1. The second-order valence-corrected chi connectivity index (χ2v) is 4.45. The number of hydrogen-bond acceptors (Lipinski definition) is 2. The SMILES string of the molecule is Cc1ccc(C)c(NCCCCCC(=O)O)c1. The summed E-state index contributed by atoms with van der Waals surface area (Å²) in [4.78, 5) is 10.3. The van der Waals surface area contributed by atoms with Gasteiger partial charge in [0.2, 0.25) is 0 Å². The van der Waals surface area contributed by atoms with E-state index in [1.54, 1.807) is 0 Å². The number of unbranched alkanes of at least 4 members (excludes halogenated alkanes) is 2. The third-order valence-corrected chi connectivity index (χ3v) is 2.78. The molecule has 17 heavy (non-hydrogen) atoms. The Morgan fingerprint density at radius 3 is 2.71 bits per heavy atom. The number of carboxylic acids is 1. The van der Waals surface area contributed by atoms with E-state index < -0.39 is 5.97 Å². The number of carboxylic acid groups (broad SMARTS) is 1. The zero-order chi connectivity index (χ0) is 12.7. The summed E-state index contributed by atoms with van der Waals surface area (Å²) in [6.07, 6.45) is 3.03. The van der Waals surface area contributed by atoms with E-state index in [0.717, 1.165) is 25.8 Å². The fourth-order valence-corrected chi connectivity index (χ4v) is 1.73. The number of nitrogens with one attached hydrogen (secondary N) is 1. The number of aryl methyl sites for hydroxylation is 2. The van der Waals surface area contributed by atoms with Crippen molar-refractivity contribution in [1.82, 2.24) is 0 Å². The Morgan fingerprint density at radius 2 is 2.00 bits per heavy atom. The van der Waals surface area contributed by atoms with Gasteiger partial charge >= 0.3 is 5.97 Å². The van der Waals surface area contributed by atoms with Crippen LogP contribution < -0.4 is 5.32 Å². The zero-order valence-electron chi connectivity index (χ0n) is 10.6. The molecule has 0 saturated heterocycles. The van der Waals surface area contributed by atoms with Crippen LogP contribution in [-0.4, -0.2) is 17.6 Å². The number of aliphatic carboxylic acids is 1. The van der Waals surface area contributed by atoms with Crippen LogP contribution >= 0.6 is 0 Å². The average molecular weight is 235 g/mol. The van der Waals surface area contributed by atoms with Crippen molar-refractivity contribution in [3.63, 3.8) is 0 Å². The van der Waals surface area contributed by atoms with Crippen molar-refractivity contribution in [1.29, 1.82) is 0 Å². The standard InChI is InChI=1S/C14H21NO2/c1-11-7-8-12(2)13(10-11)15-9-5-3-4-6-14(16)17/h7-8,10,15H,3-6,9H2,1-2H3,(H,16,17). The summed E-state index contributed by atoms with van der Waals surface area (Å²) in [5.41, 5.74) is 3.69. The van der Waals surface area contributed by atoms with Crippen molar-refractivity contribution in [2.75, 3.05) is 11.9 Å². The van der Waals surface area contributed by atoms with Gasteiger partial charge in [-0.15, -0.1) is 0 Å². The molecule has 0 bridgehead atoms. The summed E-state index contributed by atoms with van der Waals surface area (Å²) in [6, 6.07) is 6.36. The van der Waals surface area contributed by atoms with Gasteiger partial charge in [0.25, 0.3) is 0 Å². The van der Waals surface area contributed by atoms with E-state index in [0.29, 0.717) is 0 Å². The minimum atomic E-state index is -0.701. The quantitative estimate of drug-likeness (QED) is 0.712. The molecule has 0 aliphatic rings. The van der Waals surface area contributed by atoms with E-state index in [1.165, 1.54) is 16.8 Å². The van der Waals surface area contributed by atoms with Crippen LogP contribution in [0, 0.1) is 13.8 Å². The van der Waals surface area contributed by atoms with Gasteiger partial charge in [-0.2, -0.15) is 0 Å². The Morgan fingerprint density at radius 1 is 1.24 bits per heavy atom. The van der Waals surface area contributed by atoms with Crippen LogP contribution in [0.3, 0.4) is 0 Å². The maximum Gasteiger partial charge on any atom is 0.303 e. The topological polar surface area (TPSA) is 49.3 Å². The van der Waals surface area contributed by atoms with Gasteiger partial charge in [-0.3, -0.25) is 4.79 Å². The molecule has 1 aromatic rings. The van der Waals surface area contributed by atoms with Crippen LogP contribution in [0.4, 0.5) is 5.69 Å². The molecule has 0 unspecified atom stereocenters. The summed E-state index contributed by atoms with van der Waals surface area (Å²) in [7, 11) is 0. The van der Waals surface area contributed by atoms with Crippen LogP contribution in [0.1, 0.15) is 36.8 Å². The van der Waals surface area contributed by atoms with E-state index in [1.807, 2.05) is 0 Å². The lowest BCUT2D eigenvalue weighted by Crippen LogP contribution is -2.03. The number of rotatable bonds is 7. The first-order valence-corrected chi connectivity index (χ1v) is 6.12. The molecule has 0 aliphatic carbocycles. The van der Waals surface area contributed by atoms with Crippen molar-refractivity contribution in [3.8, 4) is 0 Å². The van der Waals surface area contributed by atoms with E-state index in [4.69, 9.17) is 5.11 Å². The van der Waals surface area contributed by atoms with Gasteiger partial charge in [0.15, 0.2) is 0 Å². The van der Waals surface area contributed by atoms with E-state index in [9.17, 15) is 4.79 Å². The minimum Gasteiger partial charge on any atom is -0.481 e. The van der Waals surface area contributed by atoms with Gasteiger partial charge in [0.1, 0.15) is 0 Å². The van der Waals surface area contributed by atoms with Gasteiger partial charge in [-0.25, -0.2) is 0 Å². The second-order valence-electron chi connectivity index (χ2n) is 4.45. The van der Waals surface area contributed by atoms with Crippen LogP contribution in [0.15, 0.2) is 18.2 Å². The molecule has 0 fully saturated rings. The molecular formula is C14H21NO2. The molecular weight excluding hydrogens is 214 g/mol. The monoisotopic (exact) mass is 235 g/mol. The molecule has 1 aromatic carbocycles. The Balaban J connectivity index is 2.22. The molecule has 3 heteroatoms. The molecule has 0 spiro atoms. The largest absolute Gasteiger partial charge is 0.481 e. The maximum atomic E-state index is 10.3. The molecule has 0 aliphatic heterocycles. The first kappa shape index (κ1) is 13.6. The summed E-state index contributed by atoms with van der Waals surface area (Å²) < 4.78 is 0. The van der Waals surface area contributed by atoms with Crippen molar-refractivity contribution < 1.29 is 9.90 Å². The molecule has 0 saturated carbocycles. The average Bonchev–Trinajstić information content (AvgIpc) is 2.27. The van der Waals surface area contributed by atoms with Gasteiger partial charge in [-0.05, 0) is 43.9 Å². The number of benzene rings is 1. The maximum absolute atomic E-state index is 10.3. The van der Waals surface area contributed by atoms with Gasteiger partial charge in [-0.1, -0.05) is 18.6 Å². The van der Waals surface area contributed by atoms with Gasteiger partial charge < -0.3 is 10.4 Å². The number of hydrogen-bond donors (Lipinski definition) is 2. The highest BCUT2D eigenvalue weighted by Gasteiger charge is 1.99. The third-order valence-electron chi connectivity index (χ3n) is 2.78. The Labute approximate surface area is 103 Å². The molecule has 0 amide bonds. The van der Waals surface area contributed by atoms with Crippen molar-refractivity contribution in [3.05, 3.63) is 29.3 Å². The van der Waals surface area contributed by atoms with E-state index >= 15 is 0 Å². The van der Waals surface area contributed by atoms with Gasteiger partial charge in [0.05, 0.1) is 0 Å². The lowest BCUT2D eigenvalue weighted by Gasteiger charge is -2.10. The van der Waals surface area contributed by atoms with Gasteiger partial charge in [0, 0.05) is 18.7 Å².